The Morgan fingerprint density at radius 3 is 2.60 bits per heavy atom. The average molecular weight is 244 g/mol. The van der Waals surface area contributed by atoms with Crippen LogP contribution in [-0.4, -0.2) is 0 Å². The Bertz CT molecular complexity index is 268. The summed E-state index contributed by atoms with van der Waals surface area (Å²) in [5.74, 6) is 0. The number of hydrogen-bond acceptors (Lipinski definition) is 2. The summed E-state index contributed by atoms with van der Waals surface area (Å²) in [4.78, 5) is 0. The van der Waals surface area contributed by atoms with Crippen LogP contribution in [0.3, 0.4) is 0 Å². The lowest BCUT2D eigenvalue weighted by molar-refractivity contribution is 1.47. The molecule has 0 radical (unpaired) electrons. The summed E-state index contributed by atoms with van der Waals surface area (Å²) in [7, 11) is 0. The lowest BCUT2D eigenvalue weighted by Gasteiger charge is -1.94. The number of hydrogen-bond donors (Lipinski definition) is 1. The number of nitriles is 1. The van der Waals surface area contributed by atoms with Gasteiger partial charge in [0.05, 0.1) is 11.6 Å². The molecule has 0 atom stereocenters. The van der Waals surface area contributed by atoms with Crippen LogP contribution in [0.4, 0.5) is 5.69 Å². The summed E-state index contributed by atoms with van der Waals surface area (Å²) < 4.78 is 0.995. The van der Waals surface area contributed by atoms with Crippen molar-refractivity contribution in [2.45, 2.75) is 0 Å². The highest BCUT2D eigenvalue weighted by atomic mass is 127. The first-order valence-electron chi connectivity index (χ1n) is 2.68. The number of halogens is 1. The van der Waals surface area contributed by atoms with E-state index in [1.807, 2.05) is 12.1 Å². The Morgan fingerprint density at radius 2 is 2.10 bits per heavy atom. The van der Waals surface area contributed by atoms with E-state index < -0.39 is 0 Å². The number of anilines is 1. The number of rotatable bonds is 0. The maximum absolute atomic E-state index is 8.48. The van der Waals surface area contributed by atoms with Crippen LogP contribution in [0.25, 0.3) is 0 Å². The van der Waals surface area contributed by atoms with E-state index in [1.54, 1.807) is 12.1 Å². The van der Waals surface area contributed by atoms with Gasteiger partial charge in [-0.2, -0.15) is 5.26 Å². The Balaban J connectivity index is 3.22. The highest BCUT2D eigenvalue weighted by molar-refractivity contribution is 14.1. The van der Waals surface area contributed by atoms with Gasteiger partial charge < -0.3 is 5.73 Å². The maximum atomic E-state index is 8.48. The smallest absolute Gasteiger partial charge is 0.0992 e. The molecule has 3 heteroatoms. The van der Waals surface area contributed by atoms with Crippen molar-refractivity contribution < 1.29 is 0 Å². The Kier molecular flexibility index (Phi) is 2.12. The predicted octanol–water partition coefficient (Wildman–Crippen LogP) is 1.75. The fourth-order valence-electron chi connectivity index (χ4n) is 0.677. The van der Waals surface area contributed by atoms with Crippen LogP contribution in [0.5, 0.6) is 0 Å². The molecule has 0 saturated carbocycles. The second-order valence-corrected chi connectivity index (χ2v) is 3.13. The molecule has 0 bridgehead atoms. The monoisotopic (exact) mass is 244 g/mol. The average Bonchev–Trinajstić information content (AvgIpc) is 1.85. The summed E-state index contributed by atoms with van der Waals surface area (Å²) in [5, 5.41) is 8.48. The van der Waals surface area contributed by atoms with Gasteiger partial charge in [0.1, 0.15) is 0 Å². The molecule has 2 N–H and O–H groups in total. The first kappa shape index (κ1) is 7.35. The molecule has 2 nitrogen and oxygen atoms in total. The van der Waals surface area contributed by atoms with Gasteiger partial charge in [0.15, 0.2) is 0 Å². The number of nitrogens with zero attached hydrogens (tertiary/aromatic N) is 1. The van der Waals surface area contributed by atoms with Crippen LogP contribution in [-0.2, 0) is 0 Å². The van der Waals surface area contributed by atoms with Crippen LogP contribution in [0.1, 0.15) is 5.56 Å². The molecule has 1 aromatic carbocycles. The highest BCUT2D eigenvalue weighted by Crippen LogP contribution is 2.12. The molecule has 0 aliphatic heterocycles. The minimum atomic E-state index is 0.615. The van der Waals surface area contributed by atoms with E-state index in [1.165, 1.54) is 0 Å². The Labute approximate surface area is 72.8 Å². The van der Waals surface area contributed by atoms with Gasteiger partial charge in [-0.15, -0.1) is 0 Å². The molecule has 0 amide bonds. The summed E-state index contributed by atoms with van der Waals surface area (Å²) in [5.41, 5.74) is 6.74. The van der Waals surface area contributed by atoms with Crippen molar-refractivity contribution >= 4 is 28.3 Å². The van der Waals surface area contributed by atoms with Crippen molar-refractivity contribution in [1.29, 1.82) is 5.26 Å². The van der Waals surface area contributed by atoms with Gasteiger partial charge in [-0.05, 0) is 40.8 Å². The van der Waals surface area contributed by atoms with E-state index in [0.29, 0.717) is 11.3 Å². The predicted molar refractivity (Wildman–Crippen MR) is 48.3 cm³/mol. The fraction of sp³-hybridized carbons (Fsp3) is 0. The molecule has 1 rings (SSSR count). The Morgan fingerprint density at radius 1 is 1.40 bits per heavy atom. The molecule has 0 aliphatic rings. The van der Waals surface area contributed by atoms with Crippen LogP contribution >= 0.6 is 22.6 Å². The van der Waals surface area contributed by atoms with Crippen molar-refractivity contribution in [2.75, 3.05) is 5.73 Å². The Hall–Kier alpha value is -0.760. The van der Waals surface area contributed by atoms with Crippen LogP contribution in [0.15, 0.2) is 18.2 Å². The number of benzene rings is 1. The zero-order valence-corrected chi connectivity index (χ0v) is 7.29. The third-order valence-electron chi connectivity index (χ3n) is 1.05. The summed E-state index contributed by atoms with van der Waals surface area (Å²) in [6.07, 6.45) is 0. The molecule has 0 aliphatic carbocycles. The summed E-state index contributed by atoms with van der Waals surface area (Å²) in [6.45, 7) is 0. The molecule has 0 saturated heterocycles. The van der Waals surface area contributed by atoms with E-state index in [-0.39, 0.29) is 0 Å². The van der Waals surface area contributed by atoms with Gasteiger partial charge in [-0.25, -0.2) is 0 Å². The van der Waals surface area contributed by atoms with Gasteiger partial charge >= 0.3 is 0 Å². The highest BCUT2D eigenvalue weighted by Gasteiger charge is 1.93. The first-order valence-corrected chi connectivity index (χ1v) is 3.76. The van der Waals surface area contributed by atoms with E-state index in [2.05, 4.69) is 22.6 Å². The van der Waals surface area contributed by atoms with Gasteiger partial charge in [-0.3, -0.25) is 0 Å². The van der Waals surface area contributed by atoms with Gasteiger partial charge in [0, 0.05) is 9.26 Å². The molecule has 0 heterocycles. The topological polar surface area (TPSA) is 49.8 Å². The molecule has 0 spiro atoms. The molecule has 1 aromatic rings. The van der Waals surface area contributed by atoms with Crippen molar-refractivity contribution in [1.82, 2.24) is 0 Å². The van der Waals surface area contributed by atoms with Crippen molar-refractivity contribution in [2.24, 2.45) is 0 Å². The van der Waals surface area contributed by atoms with Crippen molar-refractivity contribution in [3.8, 4) is 6.07 Å². The van der Waals surface area contributed by atoms with Crippen molar-refractivity contribution in [3.63, 3.8) is 0 Å². The molecule has 10 heavy (non-hydrogen) atoms. The SMILES string of the molecule is N#Cc1cc(N)cc(I)c1. The molecular weight excluding hydrogens is 239 g/mol. The van der Waals surface area contributed by atoms with E-state index in [4.69, 9.17) is 11.0 Å². The van der Waals surface area contributed by atoms with E-state index >= 15 is 0 Å². The molecule has 50 valence electrons. The van der Waals surface area contributed by atoms with Gasteiger partial charge in [-0.1, -0.05) is 0 Å². The molecular formula is C7H5IN2. The molecule has 0 unspecified atom stereocenters. The van der Waals surface area contributed by atoms with Crippen LogP contribution < -0.4 is 5.73 Å². The standard InChI is InChI=1S/C7H5IN2/c8-6-1-5(4-9)2-7(10)3-6/h1-3H,10H2. The summed E-state index contributed by atoms with van der Waals surface area (Å²) >= 11 is 2.12. The second kappa shape index (κ2) is 2.88. The summed E-state index contributed by atoms with van der Waals surface area (Å²) in [6, 6.07) is 7.29. The lowest BCUT2D eigenvalue weighted by atomic mass is 10.2. The first-order chi connectivity index (χ1) is 4.72. The zero-order chi connectivity index (χ0) is 7.56. The van der Waals surface area contributed by atoms with Crippen molar-refractivity contribution in [3.05, 3.63) is 27.3 Å². The third-order valence-corrected chi connectivity index (χ3v) is 1.67. The zero-order valence-electron chi connectivity index (χ0n) is 5.13. The van der Waals surface area contributed by atoms with E-state index in [9.17, 15) is 0 Å². The number of nitrogen functional groups attached to an aromatic ring is 1. The quantitative estimate of drug-likeness (QED) is 0.558. The minimum Gasteiger partial charge on any atom is -0.399 e. The van der Waals surface area contributed by atoms with Crippen LogP contribution in [0, 0.1) is 14.9 Å². The fourth-order valence-corrected chi connectivity index (χ4v) is 1.37. The number of nitrogens with two attached hydrogens (primary N) is 1. The van der Waals surface area contributed by atoms with Gasteiger partial charge in [0.2, 0.25) is 0 Å². The van der Waals surface area contributed by atoms with E-state index in [0.717, 1.165) is 3.57 Å². The second-order valence-electron chi connectivity index (χ2n) is 1.89. The van der Waals surface area contributed by atoms with Crippen LogP contribution in [0.2, 0.25) is 0 Å². The maximum Gasteiger partial charge on any atom is 0.0992 e. The normalized spacial score (nSPS) is 8.80. The van der Waals surface area contributed by atoms with Gasteiger partial charge in [0.25, 0.3) is 0 Å². The third kappa shape index (κ3) is 1.61. The molecule has 0 fully saturated rings. The minimum absolute atomic E-state index is 0.615. The lowest BCUT2D eigenvalue weighted by Crippen LogP contribution is -1.86. The largest absolute Gasteiger partial charge is 0.399 e. The molecule has 0 aromatic heterocycles.